The quantitative estimate of drug-likeness (QED) is 0.614. The molecule has 0 saturated heterocycles. The summed E-state index contributed by atoms with van der Waals surface area (Å²) < 4.78 is 0. The zero-order valence-electron chi connectivity index (χ0n) is 11.5. The molecule has 0 aliphatic rings. The van der Waals surface area contributed by atoms with Crippen molar-refractivity contribution in [2.24, 2.45) is 0 Å². The van der Waals surface area contributed by atoms with E-state index in [2.05, 4.69) is 39.8 Å². The Morgan fingerprint density at radius 3 is 1.21 bits per heavy atom. The van der Waals surface area contributed by atoms with E-state index in [0.717, 1.165) is 22.5 Å². The number of benzene rings is 2. The first-order chi connectivity index (χ1) is 8.43. The molecule has 0 heterocycles. The monoisotopic (exact) mass is 264 g/mol. The first-order valence-corrected chi connectivity index (χ1v) is 6.15. The Hall–Kier alpha value is -0.960. The Kier molecular flexibility index (Phi) is 5.08. The van der Waals surface area contributed by atoms with E-state index in [-0.39, 0.29) is 29.6 Å². The number of anilines is 2. The normalized spacial score (nSPS) is 10.1. The van der Waals surface area contributed by atoms with Gasteiger partial charge in [-0.25, -0.2) is 0 Å². The summed E-state index contributed by atoms with van der Waals surface area (Å²) >= 11 is 0. The van der Waals surface area contributed by atoms with Crippen molar-refractivity contribution in [2.75, 3.05) is 11.5 Å². The van der Waals surface area contributed by atoms with Gasteiger partial charge in [0.05, 0.1) is 0 Å². The molecule has 96 valence electrons. The van der Waals surface area contributed by atoms with E-state index in [0.29, 0.717) is 0 Å². The molecule has 0 aliphatic carbocycles. The number of rotatable bonds is 1. The van der Waals surface area contributed by atoms with E-state index in [4.69, 9.17) is 11.5 Å². The first-order valence-electron chi connectivity index (χ1n) is 6.15. The van der Waals surface area contributed by atoms with E-state index in [1.54, 1.807) is 0 Å². The predicted octanol–water partition coefficient (Wildman–Crippen LogP) is 3.10. The second kappa shape index (κ2) is 6.00. The van der Waals surface area contributed by atoms with Gasteiger partial charge in [-0.05, 0) is 73.2 Å². The molecule has 2 aromatic rings. The minimum absolute atomic E-state index is 0. The number of nitrogen functional groups attached to an aromatic ring is 2. The fourth-order valence-electron chi connectivity index (χ4n) is 2.27. The minimum atomic E-state index is 0. The summed E-state index contributed by atoms with van der Waals surface area (Å²) in [7, 11) is 0. The van der Waals surface area contributed by atoms with Gasteiger partial charge < -0.3 is 11.5 Å². The number of hydrogen-bond acceptors (Lipinski definition) is 2. The van der Waals surface area contributed by atoms with Gasteiger partial charge in [0.1, 0.15) is 0 Å². The second-order valence-electron chi connectivity index (χ2n) is 4.90. The Labute approximate surface area is 137 Å². The van der Waals surface area contributed by atoms with Crippen molar-refractivity contribution in [3.8, 4) is 11.1 Å². The van der Waals surface area contributed by atoms with Gasteiger partial charge in [-0.3, -0.25) is 0 Å². The van der Waals surface area contributed by atoms with Crippen LogP contribution in [0.5, 0.6) is 0 Å². The number of nitrogens with two attached hydrogens (primary N) is 2. The van der Waals surface area contributed by atoms with Crippen LogP contribution in [-0.2, 0) is 0 Å². The topological polar surface area (TPSA) is 52.0 Å². The molecule has 0 unspecified atom stereocenters. The van der Waals surface area contributed by atoms with Crippen molar-refractivity contribution in [1.29, 1.82) is 0 Å². The van der Waals surface area contributed by atoms with Crippen LogP contribution >= 0.6 is 0 Å². The first kappa shape index (κ1) is 16.1. The Bertz CT molecular complexity index is 563. The van der Waals surface area contributed by atoms with E-state index in [9.17, 15) is 0 Å². The van der Waals surface area contributed by atoms with Gasteiger partial charge in [0.2, 0.25) is 0 Å². The standard InChI is InChI=1S/C16H20N2.Na.H/c1-9-11(3)15(17)7-5-13(9)14-6-8-16(18)12(4)10(14)2;;/h5-8H,17-18H2,1-4H3;;. The van der Waals surface area contributed by atoms with Gasteiger partial charge in [-0.15, -0.1) is 0 Å². The Balaban J connectivity index is 0.00000180. The van der Waals surface area contributed by atoms with Crippen molar-refractivity contribution in [3.05, 3.63) is 46.5 Å². The van der Waals surface area contributed by atoms with E-state index in [1.165, 1.54) is 22.3 Å². The summed E-state index contributed by atoms with van der Waals surface area (Å²) in [4.78, 5) is 0. The van der Waals surface area contributed by atoms with Gasteiger partial charge in [0, 0.05) is 11.4 Å². The van der Waals surface area contributed by atoms with Crippen molar-refractivity contribution < 1.29 is 0 Å². The van der Waals surface area contributed by atoms with E-state index >= 15 is 0 Å². The molecule has 0 aliphatic heterocycles. The molecule has 0 amide bonds. The van der Waals surface area contributed by atoms with Gasteiger partial charge in [0.25, 0.3) is 0 Å². The second-order valence-corrected chi connectivity index (χ2v) is 4.90. The average Bonchev–Trinajstić information content (AvgIpc) is 2.35. The molecule has 0 radical (unpaired) electrons. The van der Waals surface area contributed by atoms with Crippen LogP contribution in [0.25, 0.3) is 11.1 Å². The zero-order chi connectivity index (χ0) is 13.4. The summed E-state index contributed by atoms with van der Waals surface area (Å²) in [6.45, 7) is 8.36. The Morgan fingerprint density at radius 1 is 0.579 bits per heavy atom. The molecule has 0 bridgehead atoms. The van der Waals surface area contributed by atoms with Crippen molar-refractivity contribution in [2.45, 2.75) is 27.7 Å². The molecule has 2 nitrogen and oxygen atoms in total. The van der Waals surface area contributed by atoms with Crippen molar-refractivity contribution in [1.82, 2.24) is 0 Å². The maximum absolute atomic E-state index is 5.94. The third kappa shape index (κ3) is 2.81. The van der Waals surface area contributed by atoms with E-state index in [1.807, 2.05) is 12.1 Å². The Morgan fingerprint density at radius 2 is 0.895 bits per heavy atom. The molecule has 3 heteroatoms. The molecule has 2 rings (SSSR count). The fourth-order valence-corrected chi connectivity index (χ4v) is 2.27. The van der Waals surface area contributed by atoms with Crippen LogP contribution < -0.4 is 11.5 Å². The molecule has 0 fully saturated rings. The van der Waals surface area contributed by atoms with E-state index < -0.39 is 0 Å². The SMILES string of the molecule is Cc1c(N)ccc(-c2ccc(N)c(C)c2C)c1C.[NaH]. The summed E-state index contributed by atoms with van der Waals surface area (Å²) in [5.41, 5.74) is 20.8. The van der Waals surface area contributed by atoms with Crippen molar-refractivity contribution >= 4 is 40.9 Å². The van der Waals surface area contributed by atoms with Gasteiger partial charge in [-0.2, -0.15) is 0 Å². The molecule has 19 heavy (non-hydrogen) atoms. The van der Waals surface area contributed by atoms with Crippen LogP contribution in [0.2, 0.25) is 0 Å². The third-order valence-corrected chi connectivity index (χ3v) is 3.95. The van der Waals surface area contributed by atoms with Crippen molar-refractivity contribution in [3.63, 3.8) is 0 Å². The summed E-state index contributed by atoms with van der Waals surface area (Å²) in [5.74, 6) is 0. The average molecular weight is 264 g/mol. The maximum atomic E-state index is 5.94. The molecule has 4 N–H and O–H groups in total. The summed E-state index contributed by atoms with van der Waals surface area (Å²) in [6.07, 6.45) is 0. The molecule has 0 atom stereocenters. The van der Waals surface area contributed by atoms with Crippen LogP contribution in [0.1, 0.15) is 22.3 Å². The summed E-state index contributed by atoms with van der Waals surface area (Å²) in [6, 6.07) is 8.14. The third-order valence-electron chi connectivity index (χ3n) is 3.95. The molecule has 2 aromatic carbocycles. The number of hydrogen-bond donors (Lipinski definition) is 2. The molecule has 0 aromatic heterocycles. The predicted molar refractivity (Wildman–Crippen MR) is 86.8 cm³/mol. The molecular weight excluding hydrogens is 243 g/mol. The van der Waals surface area contributed by atoms with Crippen LogP contribution in [0.4, 0.5) is 11.4 Å². The molecular formula is C16H21N2Na. The van der Waals surface area contributed by atoms with Gasteiger partial charge >= 0.3 is 29.6 Å². The van der Waals surface area contributed by atoms with Crippen LogP contribution in [0.15, 0.2) is 24.3 Å². The fraction of sp³-hybridized carbons (Fsp3) is 0.250. The van der Waals surface area contributed by atoms with Gasteiger partial charge in [0.15, 0.2) is 0 Å². The van der Waals surface area contributed by atoms with Gasteiger partial charge in [-0.1, -0.05) is 12.1 Å². The molecule has 0 spiro atoms. The zero-order valence-corrected chi connectivity index (χ0v) is 11.5. The summed E-state index contributed by atoms with van der Waals surface area (Å²) in [5, 5.41) is 0. The molecule has 0 saturated carbocycles. The van der Waals surface area contributed by atoms with Crippen LogP contribution in [-0.4, -0.2) is 29.6 Å². The van der Waals surface area contributed by atoms with Crippen LogP contribution in [0.3, 0.4) is 0 Å². The van der Waals surface area contributed by atoms with Crippen LogP contribution in [0, 0.1) is 27.7 Å².